The third-order valence-corrected chi connectivity index (χ3v) is 5.32. The predicted octanol–water partition coefficient (Wildman–Crippen LogP) is 4.64. The fourth-order valence-corrected chi connectivity index (χ4v) is 3.59. The Morgan fingerprint density at radius 1 is 1.03 bits per heavy atom. The smallest absolute Gasteiger partial charge is 0.257 e. The Labute approximate surface area is 170 Å². The van der Waals surface area contributed by atoms with E-state index in [9.17, 15) is 9.59 Å². The number of benzene rings is 2. The number of anilines is 2. The van der Waals surface area contributed by atoms with Gasteiger partial charge in [0.15, 0.2) is 0 Å². The number of fused-ring (bicyclic) bond motifs is 1. The topological polar surface area (TPSA) is 76.0 Å². The summed E-state index contributed by atoms with van der Waals surface area (Å²) in [5, 5.41) is 5.85. The molecule has 1 aliphatic rings. The van der Waals surface area contributed by atoms with Crippen molar-refractivity contribution in [1.29, 1.82) is 0 Å². The molecule has 1 fully saturated rings. The number of carbonyl (C=O) groups is 2. The number of nitrogens with one attached hydrogen (secondary N) is 2. The van der Waals surface area contributed by atoms with Crippen LogP contribution in [0.15, 0.2) is 48.5 Å². The average molecular weight is 390 g/mol. The lowest BCUT2D eigenvalue weighted by Crippen LogP contribution is -2.25. The van der Waals surface area contributed by atoms with Crippen molar-refractivity contribution in [3.05, 3.63) is 54.1 Å². The first-order chi connectivity index (χ1) is 13.7. The molecule has 0 bridgehead atoms. The molecule has 0 radical (unpaired) electrons. The maximum Gasteiger partial charge on any atom is 0.257 e. The zero-order chi connectivity index (χ0) is 20.8. The highest BCUT2D eigenvalue weighted by atomic mass is 16.2. The number of carbonyl (C=O) groups excluding carboxylic acids is 2. The largest absolute Gasteiger partial charge is 0.326 e. The van der Waals surface area contributed by atoms with E-state index in [-0.39, 0.29) is 23.3 Å². The van der Waals surface area contributed by atoms with Crippen molar-refractivity contribution in [3.63, 3.8) is 0 Å². The van der Waals surface area contributed by atoms with E-state index >= 15 is 0 Å². The van der Waals surface area contributed by atoms with Gasteiger partial charge in [0, 0.05) is 22.7 Å². The second-order valence-electron chi connectivity index (χ2n) is 8.77. The molecule has 2 unspecified atom stereocenters. The lowest BCUT2D eigenvalue weighted by atomic mass is 10.1. The molecule has 1 saturated carbocycles. The molecule has 2 amide bonds. The number of amides is 2. The number of hydrogen-bond donors (Lipinski definition) is 2. The maximum absolute atomic E-state index is 12.8. The van der Waals surface area contributed by atoms with Crippen molar-refractivity contribution >= 4 is 34.5 Å². The van der Waals surface area contributed by atoms with Crippen molar-refractivity contribution in [2.75, 3.05) is 10.6 Å². The van der Waals surface area contributed by atoms with Crippen LogP contribution >= 0.6 is 0 Å². The van der Waals surface area contributed by atoms with E-state index < -0.39 is 0 Å². The van der Waals surface area contributed by atoms with Crippen LogP contribution < -0.4 is 10.6 Å². The molecule has 1 aromatic heterocycles. The molecule has 6 nitrogen and oxygen atoms in total. The van der Waals surface area contributed by atoms with Crippen LogP contribution in [-0.4, -0.2) is 21.4 Å². The van der Waals surface area contributed by atoms with Gasteiger partial charge in [0.2, 0.25) is 11.9 Å². The van der Waals surface area contributed by atoms with E-state index in [1.807, 2.05) is 28.8 Å². The molecule has 2 aromatic carbocycles. The lowest BCUT2D eigenvalue weighted by Gasteiger charge is -2.24. The van der Waals surface area contributed by atoms with Crippen LogP contribution in [0.3, 0.4) is 0 Å². The average Bonchev–Trinajstić information content (AvgIpc) is 3.27. The summed E-state index contributed by atoms with van der Waals surface area (Å²) in [6.07, 6.45) is 0.946. The van der Waals surface area contributed by atoms with Crippen LogP contribution in [0.2, 0.25) is 0 Å². The van der Waals surface area contributed by atoms with E-state index in [1.54, 1.807) is 24.3 Å². The molecular formula is C23H26N4O2. The van der Waals surface area contributed by atoms with Gasteiger partial charge in [-0.25, -0.2) is 4.98 Å². The number of hydrogen-bond acceptors (Lipinski definition) is 3. The normalized spacial score (nSPS) is 18.5. The van der Waals surface area contributed by atoms with Gasteiger partial charge >= 0.3 is 0 Å². The summed E-state index contributed by atoms with van der Waals surface area (Å²) in [5.74, 6) is 0.905. The number of nitrogens with zero attached hydrogens (tertiary/aromatic N) is 2. The van der Waals surface area contributed by atoms with Crippen LogP contribution in [0.1, 0.15) is 44.5 Å². The Morgan fingerprint density at radius 2 is 1.69 bits per heavy atom. The van der Waals surface area contributed by atoms with E-state index in [0.717, 1.165) is 17.5 Å². The van der Waals surface area contributed by atoms with Crippen molar-refractivity contribution in [3.8, 4) is 0 Å². The van der Waals surface area contributed by atoms with Crippen molar-refractivity contribution in [2.24, 2.45) is 11.8 Å². The minimum Gasteiger partial charge on any atom is -0.326 e. The van der Waals surface area contributed by atoms with E-state index in [2.05, 4.69) is 43.3 Å². The first-order valence-corrected chi connectivity index (χ1v) is 9.94. The minimum atomic E-state index is -0.243. The van der Waals surface area contributed by atoms with Gasteiger partial charge in [-0.05, 0) is 69.5 Å². The molecule has 2 atom stereocenters. The van der Waals surface area contributed by atoms with Gasteiger partial charge in [0.05, 0.1) is 11.0 Å². The summed E-state index contributed by atoms with van der Waals surface area (Å²) in [6.45, 7) is 8.31. The first kappa shape index (κ1) is 19.2. The van der Waals surface area contributed by atoms with Gasteiger partial charge in [-0.3, -0.25) is 14.9 Å². The fraction of sp³-hybridized carbons (Fsp3) is 0.348. The zero-order valence-electron chi connectivity index (χ0n) is 17.2. The number of rotatable bonds is 4. The quantitative estimate of drug-likeness (QED) is 0.681. The molecule has 4 rings (SSSR count). The summed E-state index contributed by atoms with van der Waals surface area (Å²) in [5.41, 5.74) is 2.78. The van der Waals surface area contributed by atoms with Gasteiger partial charge in [-0.15, -0.1) is 0 Å². The van der Waals surface area contributed by atoms with Gasteiger partial charge in [0.1, 0.15) is 0 Å². The molecule has 1 aliphatic carbocycles. The third kappa shape index (κ3) is 3.88. The van der Waals surface area contributed by atoms with Gasteiger partial charge in [0.25, 0.3) is 5.91 Å². The molecule has 0 saturated heterocycles. The molecule has 2 N–H and O–H groups in total. The molecule has 3 aromatic rings. The SMILES string of the molecule is CC1CC1C(=O)Nc1ccc(C(=O)Nc2nc3ccccc3n2C(C)(C)C)cc1. The Hall–Kier alpha value is -3.15. The highest BCUT2D eigenvalue weighted by Gasteiger charge is 2.39. The Bertz CT molecular complexity index is 1080. The summed E-state index contributed by atoms with van der Waals surface area (Å²) >= 11 is 0. The monoisotopic (exact) mass is 390 g/mol. The van der Waals surface area contributed by atoms with Crippen molar-refractivity contribution in [1.82, 2.24) is 9.55 Å². The highest BCUT2D eigenvalue weighted by molar-refractivity contribution is 6.04. The van der Waals surface area contributed by atoms with Crippen LogP contribution in [-0.2, 0) is 10.3 Å². The predicted molar refractivity (Wildman–Crippen MR) is 115 cm³/mol. The van der Waals surface area contributed by atoms with Crippen molar-refractivity contribution in [2.45, 2.75) is 39.7 Å². The molecule has 6 heteroatoms. The molecular weight excluding hydrogens is 364 g/mol. The van der Waals surface area contributed by atoms with Crippen LogP contribution in [0.25, 0.3) is 11.0 Å². The van der Waals surface area contributed by atoms with E-state index in [1.165, 1.54) is 0 Å². The Kier molecular flexibility index (Phi) is 4.65. The zero-order valence-corrected chi connectivity index (χ0v) is 17.2. The van der Waals surface area contributed by atoms with E-state index in [4.69, 9.17) is 0 Å². The molecule has 150 valence electrons. The van der Waals surface area contributed by atoms with Crippen molar-refractivity contribution < 1.29 is 9.59 Å². The minimum absolute atomic E-state index is 0.0496. The van der Waals surface area contributed by atoms with E-state index in [0.29, 0.717) is 23.1 Å². The maximum atomic E-state index is 12.8. The summed E-state index contributed by atoms with van der Waals surface area (Å²) in [7, 11) is 0. The first-order valence-electron chi connectivity index (χ1n) is 9.94. The lowest BCUT2D eigenvalue weighted by molar-refractivity contribution is -0.117. The fourth-order valence-electron chi connectivity index (χ4n) is 3.59. The second kappa shape index (κ2) is 7.03. The molecule has 29 heavy (non-hydrogen) atoms. The Morgan fingerprint density at radius 3 is 2.31 bits per heavy atom. The Balaban J connectivity index is 1.53. The number of para-hydroxylation sites is 2. The second-order valence-corrected chi connectivity index (χ2v) is 8.77. The highest BCUT2D eigenvalue weighted by Crippen LogP contribution is 2.38. The van der Waals surface area contributed by atoms with Crippen LogP contribution in [0, 0.1) is 11.8 Å². The summed E-state index contributed by atoms with van der Waals surface area (Å²) in [4.78, 5) is 29.5. The number of imidazole rings is 1. The molecule has 0 spiro atoms. The molecule has 1 heterocycles. The van der Waals surface area contributed by atoms with Crippen LogP contribution in [0.5, 0.6) is 0 Å². The third-order valence-electron chi connectivity index (χ3n) is 5.32. The van der Waals surface area contributed by atoms with Crippen LogP contribution in [0.4, 0.5) is 11.6 Å². The van der Waals surface area contributed by atoms with Gasteiger partial charge in [-0.2, -0.15) is 0 Å². The standard InChI is InChI=1S/C23H26N4O2/c1-14-13-17(14)21(29)24-16-11-9-15(10-12-16)20(28)26-22-25-18-7-5-6-8-19(18)27(22)23(2,3)4/h5-12,14,17H,13H2,1-4H3,(H,24,29)(H,25,26,28). The number of aromatic nitrogens is 2. The van der Waals surface area contributed by atoms with Gasteiger partial charge < -0.3 is 9.88 Å². The molecule has 0 aliphatic heterocycles. The summed E-state index contributed by atoms with van der Waals surface area (Å²) < 4.78 is 2.03. The summed E-state index contributed by atoms with van der Waals surface area (Å²) in [6, 6.07) is 14.8. The van der Waals surface area contributed by atoms with Gasteiger partial charge in [-0.1, -0.05) is 19.1 Å².